The molecule has 0 saturated carbocycles. The SMILES string of the molecule is CNCCCCN1CCN(C(C)C)CC1. The van der Waals surface area contributed by atoms with Crippen LogP contribution in [0.1, 0.15) is 26.7 Å². The van der Waals surface area contributed by atoms with E-state index in [1.165, 1.54) is 45.6 Å². The van der Waals surface area contributed by atoms with Gasteiger partial charge in [-0.05, 0) is 46.8 Å². The maximum absolute atomic E-state index is 3.20. The number of unbranched alkanes of at least 4 members (excludes halogenated alkanes) is 1. The van der Waals surface area contributed by atoms with E-state index in [0.29, 0.717) is 0 Å². The molecular formula is C12H27N3. The number of rotatable bonds is 6. The van der Waals surface area contributed by atoms with Crippen LogP contribution in [0.3, 0.4) is 0 Å². The van der Waals surface area contributed by atoms with Gasteiger partial charge in [0, 0.05) is 32.2 Å². The van der Waals surface area contributed by atoms with Crippen molar-refractivity contribution in [2.75, 3.05) is 46.3 Å². The zero-order valence-electron chi connectivity index (χ0n) is 10.6. The van der Waals surface area contributed by atoms with E-state index in [9.17, 15) is 0 Å². The van der Waals surface area contributed by atoms with Crippen molar-refractivity contribution in [3.8, 4) is 0 Å². The van der Waals surface area contributed by atoms with Crippen molar-refractivity contribution >= 4 is 0 Å². The minimum atomic E-state index is 0.719. The Bertz CT molecular complexity index is 151. The molecule has 1 N–H and O–H groups in total. The second kappa shape index (κ2) is 7.20. The summed E-state index contributed by atoms with van der Waals surface area (Å²) in [7, 11) is 2.03. The van der Waals surface area contributed by atoms with Crippen LogP contribution in [-0.2, 0) is 0 Å². The summed E-state index contributed by atoms with van der Waals surface area (Å²) in [5.41, 5.74) is 0. The average Bonchev–Trinajstić information content (AvgIpc) is 2.25. The van der Waals surface area contributed by atoms with Gasteiger partial charge in [-0.2, -0.15) is 0 Å². The van der Waals surface area contributed by atoms with Crippen LogP contribution in [0.4, 0.5) is 0 Å². The van der Waals surface area contributed by atoms with E-state index in [2.05, 4.69) is 29.0 Å². The third-order valence-electron chi connectivity index (χ3n) is 3.29. The molecule has 1 heterocycles. The molecule has 0 aromatic heterocycles. The van der Waals surface area contributed by atoms with Crippen molar-refractivity contribution in [3.63, 3.8) is 0 Å². The molecule has 0 amide bonds. The van der Waals surface area contributed by atoms with E-state index >= 15 is 0 Å². The van der Waals surface area contributed by atoms with Crippen molar-refractivity contribution in [1.29, 1.82) is 0 Å². The Morgan fingerprint density at radius 2 is 1.73 bits per heavy atom. The lowest BCUT2D eigenvalue weighted by Gasteiger charge is -2.36. The first kappa shape index (κ1) is 12.9. The molecule has 3 nitrogen and oxygen atoms in total. The molecule has 0 radical (unpaired) electrons. The summed E-state index contributed by atoms with van der Waals surface area (Å²) in [6.45, 7) is 12.1. The predicted octanol–water partition coefficient (Wildman–Crippen LogP) is 1.01. The number of hydrogen-bond acceptors (Lipinski definition) is 3. The van der Waals surface area contributed by atoms with Crippen LogP contribution < -0.4 is 5.32 Å². The Labute approximate surface area is 94.8 Å². The van der Waals surface area contributed by atoms with Gasteiger partial charge in [0.1, 0.15) is 0 Å². The first-order valence-corrected chi connectivity index (χ1v) is 6.35. The fourth-order valence-corrected chi connectivity index (χ4v) is 2.14. The lowest BCUT2D eigenvalue weighted by molar-refractivity contribution is 0.107. The first-order valence-electron chi connectivity index (χ1n) is 6.35. The predicted molar refractivity (Wildman–Crippen MR) is 66.3 cm³/mol. The summed E-state index contributed by atoms with van der Waals surface area (Å²) >= 11 is 0. The largest absolute Gasteiger partial charge is 0.320 e. The van der Waals surface area contributed by atoms with Crippen LogP contribution >= 0.6 is 0 Å². The molecule has 0 unspecified atom stereocenters. The van der Waals surface area contributed by atoms with Gasteiger partial charge in [-0.1, -0.05) is 0 Å². The van der Waals surface area contributed by atoms with Crippen molar-refractivity contribution < 1.29 is 0 Å². The third-order valence-corrected chi connectivity index (χ3v) is 3.29. The Hall–Kier alpha value is -0.120. The van der Waals surface area contributed by atoms with Gasteiger partial charge in [0.05, 0.1) is 0 Å². The standard InChI is InChI=1S/C12H27N3/c1-12(2)15-10-8-14(9-11-15)7-5-4-6-13-3/h12-13H,4-11H2,1-3H3. The second-order valence-electron chi connectivity index (χ2n) is 4.78. The monoisotopic (exact) mass is 213 g/mol. The Kier molecular flexibility index (Phi) is 6.22. The lowest BCUT2D eigenvalue weighted by Crippen LogP contribution is -2.48. The lowest BCUT2D eigenvalue weighted by atomic mass is 10.2. The van der Waals surface area contributed by atoms with E-state index < -0.39 is 0 Å². The summed E-state index contributed by atoms with van der Waals surface area (Å²) in [6, 6.07) is 0.719. The van der Waals surface area contributed by atoms with Gasteiger partial charge in [0.2, 0.25) is 0 Å². The molecule has 0 aromatic carbocycles. The molecule has 1 aliphatic rings. The number of nitrogens with zero attached hydrogens (tertiary/aromatic N) is 2. The molecule has 0 bridgehead atoms. The fraction of sp³-hybridized carbons (Fsp3) is 1.00. The second-order valence-corrected chi connectivity index (χ2v) is 4.78. The van der Waals surface area contributed by atoms with Crippen LogP contribution in [0.15, 0.2) is 0 Å². The molecule has 15 heavy (non-hydrogen) atoms. The first-order chi connectivity index (χ1) is 7.24. The normalized spacial score (nSPS) is 20.0. The van der Waals surface area contributed by atoms with Gasteiger partial charge in [-0.25, -0.2) is 0 Å². The molecule has 1 fully saturated rings. The fourth-order valence-electron chi connectivity index (χ4n) is 2.14. The zero-order chi connectivity index (χ0) is 11.1. The van der Waals surface area contributed by atoms with Gasteiger partial charge < -0.3 is 10.2 Å². The van der Waals surface area contributed by atoms with Crippen LogP contribution in [0.5, 0.6) is 0 Å². The van der Waals surface area contributed by atoms with Gasteiger partial charge in [0.25, 0.3) is 0 Å². The third kappa shape index (κ3) is 4.96. The number of nitrogens with one attached hydrogen (secondary N) is 1. The molecule has 3 heteroatoms. The van der Waals surface area contributed by atoms with Crippen LogP contribution in [0.25, 0.3) is 0 Å². The van der Waals surface area contributed by atoms with Crippen molar-refractivity contribution in [2.24, 2.45) is 0 Å². The van der Waals surface area contributed by atoms with E-state index in [4.69, 9.17) is 0 Å². The van der Waals surface area contributed by atoms with E-state index in [-0.39, 0.29) is 0 Å². The molecule has 0 atom stereocenters. The quantitative estimate of drug-likeness (QED) is 0.664. The van der Waals surface area contributed by atoms with Gasteiger partial charge in [0.15, 0.2) is 0 Å². The Morgan fingerprint density at radius 3 is 2.27 bits per heavy atom. The zero-order valence-corrected chi connectivity index (χ0v) is 10.6. The number of hydrogen-bond donors (Lipinski definition) is 1. The van der Waals surface area contributed by atoms with Crippen molar-refractivity contribution in [2.45, 2.75) is 32.7 Å². The highest BCUT2D eigenvalue weighted by Gasteiger charge is 2.17. The van der Waals surface area contributed by atoms with Crippen LogP contribution in [-0.4, -0.2) is 62.2 Å². The smallest absolute Gasteiger partial charge is 0.0113 e. The summed E-state index contributed by atoms with van der Waals surface area (Å²) in [6.07, 6.45) is 2.64. The van der Waals surface area contributed by atoms with Crippen molar-refractivity contribution in [3.05, 3.63) is 0 Å². The summed E-state index contributed by atoms with van der Waals surface area (Å²) in [5, 5.41) is 3.20. The maximum Gasteiger partial charge on any atom is 0.0113 e. The maximum atomic E-state index is 3.20. The highest BCUT2D eigenvalue weighted by atomic mass is 15.3. The molecule has 0 aromatic rings. The highest BCUT2D eigenvalue weighted by molar-refractivity contribution is 4.73. The molecular weight excluding hydrogens is 186 g/mol. The van der Waals surface area contributed by atoms with Gasteiger partial charge >= 0.3 is 0 Å². The van der Waals surface area contributed by atoms with Crippen LogP contribution in [0, 0.1) is 0 Å². The minimum Gasteiger partial charge on any atom is -0.320 e. The molecule has 1 aliphatic heterocycles. The van der Waals surface area contributed by atoms with Gasteiger partial charge in [-0.15, -0.1) is 0 Å². The summed E-state index contributed by atoms with van der Waals surface area (Å²) < 4.78 is 0. The summed E-state index contributed by atoms with van der Waals surface area (Å²) in [4.78, 5) is 5.18. The van der Waals surface area contributed by atoms with E-state index in [1.54, 1.807) is 0 Å². The Morgan fingerprint density at radius 1 is 1.07 bits per heavy atom. The Balaban J connectivity index is 2.04. The highest BCUT2D eigenvalue weighted by Crippen LogP contribution is 2.06. The van der Waals surface area contributed by atoms with E-state index in [0.717, 1.165) is 12.6 Å². The molecule has 0 aliphatic carbocycles. The van der Waals surface area contributed by atoms with Crippen LogP contribution in [0.2, 0.25) is 0 Å². The topological polar surface area (TPSA) is 18.5 Å². The number of piperazine rings is 1. The molecule has 1 rings (SSSR count). The minimum absolute atomic E-state index is 0.719. The van der Waals surface area contributed by atoms with E-state index in [1.807, 2.05) is 7.05 Å². The summed E-state index contributed by atoms with van der Waals surface area (Å²) in [5.74, 6) is 0. The molecule has 90 valence electrons. The molecule has 0 spiro atoms. The average molecular weight is 213 g/mol. The van der Waals surface area contributed by atoms with Gasteiger partial charge in [-0.3, -0.25) is 4.90 Å². The van der Waals surface area contributed by atoms with Crippen molar-refractivity contribution in [1.82, 2.24) is 15.1 Å². The molecule has 1 saturated heterocycles.